The average Bonchev–Trinajstić information content (AvgIpc) is 2.94. The van der Waals surface area contributed by atoms with Crippen molar-refractivity contribution in [1.29, 1.82) is 5.26 Å². The second kappa shape index (κ2) is 6.47. The molecule has 1 amide bonds. The molecule has 3 heterocycles. The largest absolute Gasteiger partial charge is 0.422 e. The van der Waals surface area contributed by atoms with Crippen LogP contribution in [-0.2, 0) is 11.8 Å². The second-order valence-corrected chi connectivity index (χ2v) is 6.95. The van der Waals surface area contributed by atoms with Gasteiger partial charge in [-0.3, -0.25) is 4.79 Å². The molecule has 2 aromatic rings. The SMILES string of the molecule is Cc1nn(C)c2c1C(c1ccc(N3CCCCC3=O)cc1)C(C#N)=C(N)O2. The number of benzene rings is 1. The molecule has 0 spiro atoms. The van der Waals surface area contributed by atoms with Crippen LogP contribution in [0.25, 0.3) is 0 Å². The molecule has 1 unspecified atom stereocenters. The molecule has 2 N–H and O–H groups in total. The van der Waals surface area contributed by atoms with Gasteiger partial charge < -0.3 is 15.4 Å². The zero-order valence-corrected chi connectivity index (χ0v) is 15.4. The van der Waals surface area contributed by atoms with Crippen LogP contribution < -0.4 is 15.4 Å². The van der Waals surface area contributed by atoms with E-state index < -0.39 is 0 Å². The molecule has 0 aliphatic carbocycles. The summed E-state index contributed by atoms with van der Waals surface area (Å²) in [6, 6.07) is 9.97. The molecule has 2 aliphatic rings. The normalized spacial score (nSPS) is 19.5. The molecule has 1 aromatic carbocycles. The van der Waals surface area contributed by atoms with Crippen LogP contribution in [0, 0.1) is 18.3 Å². The number of anilines is 1. The Hall–Kier alpha value is -3.27. The Morgan fingerprint density at radius 2 is 2.04 bits per heavy atom. The maximum Gasteiger partial charge on any atom is 0.226 e. The molecule has 1 atom stereocenters. The smallest absolute Gasteiger partial charge is 0.226 e. The lowest BCUT2D eigenvalue weighted by molar-refractivity contribution is -0.119. The third kappa shape index (κ3) is 2.74. The van der Waals surface area contributed by atoms with E-state index in [1.165, 1.54) is 0 Å². The van der Waals surface area contributed by atoms with Crippen LogP contribution in [0.2, 0.25) is 0 Å². The number of ether oxygens (including phenoxy) is 1. The highest BCUT2D eigenvalue weighted by atomic mass is 16.5. The summed E-state index contributed by atoms with van der Waals surface area (Å²) < 4.78 is 7.29. The van der Waals surface area contributed by atoms with Gasteiger partial charge in [-0.25, -0.2) is 4.68 Å². The highest BCUT2D eigenvalue weighted by Gasteiger charge is 2.35. The average molecular weight is 363 g/mol. The van der Waals surface area contributed by atoms with Gasteiger partial charge in [0.25, 0.3) is 0 Å². The number of amides is 1. The summed E-state index contributed by atoms with van der Waals surface area (Å²) in [4.78, 5) is 14.0. The fourth-order valence-electron chi connectivity index (χ4n) is 3.93. The first-order chi connectivity index (χ1) is 13.0. The van der Waals surface area contributed by atoms with E-state index in [2.05, 4.69) is 11.2 Å². The van der Waals surface area contributed by atoms with Crippen molar-refractivity contribution >= 4 is 11.6 Å². The molecule has 0 radical (unpaired) electrons. The minimum absolute atomic E-state index is 0.105. The quantitative estimate of drug-likeness (QED) is 0.884. The molecule has 138 valence electrons. The minimum atomic E-state index is -0.335. The lowest BCUT2D eigenvalue weighted by Gasteiger charge is -2.28. The highest BCUT2D eigenvalue weighted by Crippen LogP contribution is 2.43. The summed E-state index contributed by atoms with van der Waals surface area (Å²) in [5.41, 5.74) is 9.85. The standard InChI is InChI=1S/C20H21N5O2/c1-12-17-18(15(11-21)19(22)27-20(17)24(2)23-12)13-6-8-14(9-7-13)25-10-4-3-5-16(25)26/h6-9,18H,3-5,10,22H2,1-2H3. The molecular formula is C20H21N5O2. The number of fused-ring (bicyclic) bond motifs is 1. The van der Waals surface area contributed by atoms with Crippen molar-refractivity contribution in [1.82, 2.24) is 9.78 Å². The topological polar surface area (TPSA) is 97.2 Å². The molecule has 1 aromatic heterocycles. The lowest BCUT2D eigenvalue weighted by atomic mass is 9.84. The van der Waals surface area contributed by atoms with Crippen LogP contribution in [0.1, 0.15) is 42.0 Å². The fraction of sp³-hybridized carbons (Fsp3) is 0.350. The van der Waals surface area contributed by atoms with E-state index >= 15 is 0 Å². The zero-order valence-electron chi connectivity index (χ0n) is 15.4. The van der Waals surface area contributed by atoms with Gasteiger partial charge in [-0.15, -0.1) is 0 Å². The monoisotopic (exact) mass is 363 g/mol. The molecule has 27 heavy (non-hydrogen) atoms. The number of rotatable bonds is 2. The second-order valence-electron chi connectivity index (χ2n) is 6.95. The molecule has 1 saturated heterocycles. The van der Waals surface area contributed by atoms with E-state index in [9.17, 15) is 10.1 Å². The van der Waals surface area contributed by atoms with Gasteiger partial charge in [-0.1, -0.05) is 12.1 Å². The van der Waals surface area contributed by atoms with Crippen LogP contribution in [-0.4, -0.2) is 22.2 Å². The van der Waals surface area contributed by atoms with Gasteiger partial charge in [0.2, 0.25) is 17.7 Å². The maximum atomic E-state index is 12.2. The van der Waals surface area contributed by atoms with Crippen LogP contribution in [0.15, 0.2) is 35.7 Å². The van der Waals surface area contributed by atoms with Gasteiger partial charge in [-0.2, -0.15) is 10.4 Å². The van der Waals surface area contributed by atoms with Gasteiger partial charge in [0.1, 0.15) is 11.6 Å². The molecule has 2 aliphatic heterocycles. The van der Waals surface area contributed by atoms with E-state index in [4.69, 9.17) is 10.5 Å². The van der Waals surface area contributed by atoms with Crippen LogP contribution in [0.5, 0.6) is 5.88 Å². The molecule has 0 saturated carbocycles. The number of nitrogens with two attached hydrogens (primary N) is 1. The Balaban J connectivity index is 1.76. The summed E-state index contributed by atoms with van der Waals surface area (Å²) in [5, 5.41) is 14.1. The molecule has 0 bridgehead atoms. The highest BCUT2D eigenvalue weighted by molar-refractivity contribution is 5.94. The third-order valence-corrected chi connectivity index (χ3v) is 5.25. The Morgan fingerprint density at radius 3 is 2.70 bits per heavy atom. The van der Waals surface area contributed by atoms with Gasteiger partial charge >= 0.3 is 0 Å². The van der Waals surface area contributed by atoms with Crippen molar-refractivity contribution in [3.63, 3.8) is 0 Å². The third-order valence-electron chi connectivity index (χ3n) is 5.25. The predicted octanol–water partition coefficient (Wildman–Crippen LogP) is 2.46. The number of piperidine rings is 1. The number of nitriles is 1. The van der Waals surface area contributed by atoms with Crippen LogP contribution >= 0.6 is 0 Å². The summed E-state index contributed by atoms with van der Waals surface area (Å²) in [6.45, 7) is 2.64. The van der Waals surface area contributed by atoms with Gasteiger partial charge in [0.05, 0.1) is 17.2 Å². The van der Waals surface area contributed by atoms with E-state index in [-0.39, 0.29) is 17.7 Å². The van der Waals surface area contributed by atoms with Crippen LogP contribution in [0.4, 0.5) is 5.69 Å². The number of carbonyl (C=O) groups is 1. The van der Waals surface area contributed by atoms with E-state index in [1.54, 1.807) is 11.7 Å². The van der Waals surface area contributed by atoms with Crippen molar-refractivity contribution in [2.24, 2.45) is 12.8 Å². The molecule has 7 heteroatoms. The Labute approximate surface area is 157 Å². The lowest BCUT2D eigenvalue weighted by Crippen LogP contribution is -2.35. The first kappa shape index (κ1) is 17.2. The van der Waals surface area contributed by atoms with Gasteiger partial charge in [-0.05, 0) is 37.5 Å². The summed E-state index contributed by atoms with van der Waals surface area (Å²) in [7, 11) is 1.79. The number of nitrogens with zero attached hydrogens (tertiary/aromatic N) is 4. The van der Waals surface area contributed by atoms with Crippen molar-refractivity contribution in [3.05, 3.63) is 52.5 Å². The van der Waals surface area contributed by atoms with Crippen molar-refractivity contribution < 1.29 is 9.53 Å². The van der Waals surface area contributed by atoms with E-state index in [1.807, 2.05) is 36.1 Å². The van der Waals surface area contributed by atoms with E-state index in [0.29, 0.717) is 17.9 Å². The number of carbonyl (C=O) groups excluding carboxylic acids is 1. The van der Waals surface area contributed by atoms with Crippen molar-refractivity contribution in [2.45, 2.75) is 32.1 Å². The summed E-state index contributed by atoms with van der Waals surface area (Å²) >= 11 is 0. The Bertz CT molecular complexity index is 981. The van der Waals surface area contributed by atoms with Gasteiger partial charge in [0, 0.05) is 25.7 Å². The van der Waals surface area contributed by atoms with Crippen molar-refractivity contribution in [3.8, 4) is 11.9 Å². The Kier molecular flexibility index (Phi) is 4.11. The molecule has 7 nitrogen and oxygen atoms in total. The molecule has 1 fully saturated rings. The zero-order chi connectivity index (χ0) is 19.1. The number of aromatic nitrogens is 2. The Morgan fingerprint density at radius 1 is 1.30 bits per heavy atom. The predicted molar refractivity (Wildman–Crippen MR) is 99.9 cm³/mol. The minimum Gasteiger partial charge on any atom is -0.422 e. The van der Waals surface area contributed by atoms with Crippen molar-refractivity contribution in [2.75, 3.05) is 11.4 Å². The summed E-state index contributed by atoms with van der Waals surface area (Å²) in [5.74, 6) is 0.489. The first-order valence-electron chi connectivity index (χ1n) is 9.02. The first-order valence-corrected chi connectivity index (χ1v) is 9.02. The number of allylic oxidation sites excluding steroid dienone is 1. The summed E-state index contributed by atoms with van der Waals surface area (Å²) in [6.07, 6.45) is 2.56. The number of hydrogen-bond acceptors (Lipinski definition) is 5. The van der Waals surface area contributed by atoms with Gasteiger partial charge in [0.15, 0.2) is 0 Å². The van der Waals surface area contributed by atoms with Crippen LogP contribution in [0.3, 0.4) is 0 Å². The maximum absolute atomic E-state index is 12.2. The number of aryl methyl sites for hydroxylation is 2. The molecule has 4 rings (SSSR count). The van der Waals surface area contributed by atoms with E-state index in [0.717, 1.165) is 41.9 Å². The number of hydrogen-bond donors (Lipinski definition) is 1. The molecular weight excluding hydrogens is 342 g/mol. The fourth-order valence-corrected chi connectivity index (χ4v) is 3.93.